The molecule has 136 valence electrons. The molecule has 0 aliphatic rings. The van der Waals surface area contributed by atoms with Gasteiger partial charge >= 0.3 is 5.97 Å². The molecule has 0 fully saturated rings. The molecule has 0 amide bonds. The van der Waals surface area contributed by atoms with Crippen LogP contribution in [0.25, 0.3) is 16.7 Å². The van der Waals surface area contributed by atoms with E-state index >= 15 is 0 Å². The van der Waals surface area contributed by atoms with E-state index in [0.29, 0.717) is 5.69 Å². The summed E-state index contributed by atoms with van der Waals surface area (Å²) in [5, 5.41) is 19.8. The van der Waals surface area contributed by atoms with Gasteiger partial charge in [0.2, 0.25) is 0 Å². The van der Waals surface area contributed by atoms with Gasteiger partial charge in [-0.1, -0.05) is 39.0 Å². The first-order valence-electron chi connectivity index (χ1n) is 8.50. The lowest BCUT2D eigenvalue weighted by atomic mass is 9.83. The molecule has 1 unspecified atom stereocenters. The summed E-state index contributed by atoms with van der Waals surface area (Å²) in [7, 11) is 1.37. The number of aromatic nitrogens is 3. The van der Waals surface area contributed by atoms with Gasteiger partial charge in [0.15, 0.2) is 0 Å². The third kappa shape index (κ3) is 3.14. The number of esters is 1. The molecule has 1 atom stereocenters. The number of phenolic OH excluding ortho intramolecular Hbond substituents is 1. The number of hydrogen-bond acceptors (Lipinski definition) is 5. The number of aromatic hydroxyl groups is 1. The molecule has 1 heterocycles. The standard InChI is InChI=1S/C20H23N3O3/c1-12(19(25)26-5)13-10-14(20(2,3)4)18(24)17(11-13)23-21-15-8-6-7-9-16(15)22-23/h6-12,24H,1-5H3. The summed E-state index contributed by atoms with van der Waals surface area (Å²) in [6.45, 7) is 7.80. The SMILES string of the molecule is COC(=O)C(C)c1cc(-n2nc3ccccc3n2)c(O)c(C(C)(C)C)c1. The second-order valence-corrected chi connectivity index (χ2v) is 7.41. The molecular formula is C20H23N3O3. The predicted octanol–water partition coefficient (Wildman–Crippen LogP) is 3.70. The fraction of sp³-hybridized carbons (Fsp3) is 0.350. The van der Waals surface area contributed by atoms with Gasteiger partial charge in [0.1, 0.15) is 22.5 Å². The third-order valence-corrected chi connectivity index (χ3v) is 4.48. The minimum Gasteiger partial charge on any atom is -0.505 e. The summed E-state index contributed by atoms with van der Waals surface area (Å²) in [4.78, 5) is 13.4. The van der Waals surface area contributed by atoms with Crippen LogP contribution >= 0.6 is 0 Å². The summed E-state index contributed by atoms with van der Waals surface area (Å²) in [5.74, 6) is -0.691. The Kier molecular flexibility index (Phi) is 4.44. The summed E-state index contributed by atoms with van der Waals surface area (Å²) >= 11 is 0. The second-order valence-electron chi connectivity index (χ2n) is 7.41. The van der Waals surface area contributed by atoms with Gasteiger partial charge in [0, 0.05) is 5.56 Å². The number of rotatable bonds is 3. The molecule has 0 aliphatic heterocycles. The number of benzene rings is 2. The lowest BCUT2D eigenvalue weighted by Gasteiger charge is -2.24. The van der Waals surface area contributed by atoms with Crippen LogP contribution in [0.1, 0.15) is 44.7 Å². The van der Waals surface area contributed by atoms with Crippen molar-refractivity contribution in [3.63, 3.8) is 0 Å². The monoisotopic (exact) mass is 353 g/mol. The van der Waals surface area contributed by atoms with Gasteiger partial charge in [-0.25, -0.2) is 0 Å². The summed E-state index contributed by atoms with van der Waals surface area (Å²) in [6, 6.07) is 11.1. The van der Waals surface area contributed by atoms with Crippen molar-refractivity contribution in [2.75, 3.05) is 7.11 Å². The fourth-order valence-corrected chi connectivity index (χ4v) is 2.90. The first-order valence-corrected chi connectivity index (χ1v) is 8.50. The van der Waals surface area contributed by atoms with Crippen molar-refractivity contribution >= 4 is 17.0 Å². The molecule has 1 N–H and O–H groups in total. The Labute approximate surface area is 152 Å². The maximum absolute atomic E-state index is 12.0. The van der Waals surface area contributed by atoms with Crippen LogP contribution in [0, 0.1) is 0 Å². The number of methoxy groups -OCH3 is 1. The molecule has 0 saturated heterocycles. The highest BCUT2D eigenvalue weighted by atomic mass is 16.5. The highest BCUT2D eigenvalue weighted by molar-refractivity contribution is 5.78. The molecular weight excluding hydrogens is 330 g/mol. The van der Waals surface area contributed by atoms with E-state index in [0.717, 1.165) is 22.2 Å². The number of fused-ring (bicyclic) bond motifs is 1. The Balaban J connectivity index is 2.24. The number of hydrogen-bond donors (Lipinski definition) is 1. The van der Waals surface area contributed by atoms with Crippen LogP contribution in [0.2, 0.25) is 0 Å². The Morgan fingerprint density at radius 3 is 2.23 bits per heavy atom. The number of ether oxygens (including phenoxy) is 1. The van der Waals surface area contributed by atoms with Crippen LogP contribution in [0.5, 0.6) is 5.75 Å². The van der Waals surface area contributed by atoms with E-state index in [1.807, 2.05) is 51.1 Å². The van der Waals surface area contributed by atoms with Gasteiger partial charge in [-0.2, -0.15) is 0 Å². The van der Waals surface area contributed by atoms with Gasteiger partial charge in [0.25, 0.3) is 0 Å². The van der Waals surface area contributed by atoms with E-state index < -0.39 is 5.92 Å². The van der Waals surface area contributed by atoms with Crippen LogP contribution in [0.3, 0.4) is 0 Å². The van der Waals surface area contributed by atoms with Gasteiger partial charge < -0.3 is 9.84 Å². The number of phenols is 1. The van der Waals surface area contributed by atoms with Crippen LogP contribution in [-0.4, -0.2) is 33.2 Å². The molecule has 0 bridgehead atoms. The van der Waals surface area contributed by atoms with Crippen molar-refractivity contribution in [3.8, 4) is 11.4 Å². The first-order chi connectivity index (χ1) is 12.2. The molecule has 1 aromatic heterocycles. The van der Waals surface area contributed by atoms with E-state index in [1.54, 1.807) is 13.0 Å². The summed E-state index contributed by atoms with van der Waals surface area (Å²) in [5.41, 5.74) is 3.06. The highest BCUT2D eigenvalue weighted by Gasteiger charge is 2.26. The first kappa shape index (κ1) is 17.9. The van der Waals surface area contributed by atoms with E-state index in [4.69, 9.17) is 4.74 Å². The fourth-order valence-electron chi connectivity index (χ4n) is 2.90. The second kappa shape index (κ2) is 6.44. The quantitative estimate of drug-likeness (QED) is 0.727. The van der Waals surface area contributed by atoms with Crippen LogP contribution in [-0.2, 0) is 14.9 Å². The molecule has 0 radical (unpaired) electrons. The smallest absolute Gasteiger partial charge is 0.312 e. The Morgan fingerprint density at radius 1 is 1.15 bits per heavy atom. The van der Waals surface area contributed by atoms with Gasteiger partial charge in [-0.15, -0.1) is 15.0 Å². The lowest BCUT2D eigenvalue weighted by molar-refractivity contribution is -0.141. The number of nitrogens with zero attached hydrogens (tertiary/aromatic N) is 3. The van der Waals surface area contributed by atoms with Gasteiger partial charge in [-0.05, 0) is 36.1 Å². The van der Waals surface area contributed by atoms with Gasteiger partial charge in [0.05, 0.1) is 13.0 Å². The zero-order chi connectivity index (χ0) is 19.1. The highest BCUT2D eigenvalue weighted by Crippen LogP contribution is 2.38. The average molecular weight is 353 g/mol. The van der Waals surface area contributed by atoms with Crippen LogP contribution in [0.4, 0.5) is 0 Å². The molecule has 2 aromatic carbocycles. The Hall–Kier alpha value is -2.89. The lowest BCUT2D eigenvalue weighted by Crippen LogP contribution is -2.17. The van der Waals surface area contributed by atoms with Crippen molar-refractivity contribution in [2.45, 2.75) is 39.0 Å². The molecule has 3 rings (SSSR count). The largest absolute Gasteiger partial charge is 0.505 e. The summed E-state index contributed by atoms with van der Waals surface area (Å²) in [6.07, 6.45) is 0. The van der Waals surface area contributed by atoms with E-state index in [2.05, 4.69) is 10.2 Å². The van der Waals surface area contributed by atoms with Gasteiger partial charge in [-0.3, -0.25) is 4.79 Å². The number of carbonyl (C=O) groups excluding carboxylic acids is 1. The van der Waals surface area contributed by atoms with E-state index in [-0.39, 0.29) is 17.1 Å². The Bertz CT molecular complexity index is 937. The molecule has 3 aromatic rings. The molecule has 6 nitrogen and oxygen atoms in total. The molecule has 6 heteroatoms. The Morgan fingerprint density at radius 2 is 1.73 bits per heavy atom. The molecule has 0 spiro atoms. The zero-order valence-corrected chi connectivity index (χ0v) is 15.6. The van der Waals surface area contributed by atoms with Crippen molar-refractivity contribution in [1.82, 2.24) is 15.0 Å². The number of carbonyl (C=O) groups is 1. The maximum Gasteiger partial charge on any atom is 0.312 e. The van der Waals surface area contributed by atoms with E-state index in [9.17, 15) is 9.90 Å². The molecule has 0 saturated carbocycles. The molecule has 26 heavy (non-hydrogen) atoms. The molecule has 0 aliphatic carbocycles. The van der Waals surface area contributed by atoms with Crippen molar-refractivity contribution in [1.29, 1.82) is 0 Å². The minimum atomic E-state index is -0.467. The summed E-state index contributed by atoms with van der Waals surface area (Å²) < 4.78 is 4.88. The van der Waals surface area contributed by atoms with Crippen molar-refractivity contribution in [3.05, 3.63) is 47.5 Å². The normalized spacial score (nSPS) is 13.0. The van der Waals surface area contributed by atoms with Crippen molar-refractivity contribution < 1.29 is 14.6 Å². The predicted molar refractivity (Wildman–Crippen MR) is 99.7 cm³/mol. The topological polar surface area (TPSA) is 77.2 Å². The minimum absolute atomic E-state index is 0.110. The maximum atomic E-state index is 12.0. The van der Waals surface area contributed by atoms with Crippen LogP contribution in [0.15, 0.2) is 36.4 Å². The zero-order valence-electron chi connectivity index (χ0n) is 15.6. The third-order valence-electron chi connectivity index (χ3n) is 4.48. The van der Waals surface area contributed by atoms with Crippen LogP contribution < -0.4 is 0 Å². The van der Waals surface area contributed by atoms with E-state index in [1.165, 1.54) is 11.9 Å². The average Bonchev–Trinajstić information content (AvgIpc) is 3.03. The van der Waals surface area contributed by atoms with Crippen molar-refractivity contribution in [2.24, 2.45) is 0 Å².